The maximum Gasteiger partial charge on any atom is 0.314 e. The molecule has 2 rings (SSSR count). The molecule has 0 saturated heterocycles. The highest BCUT2D eigenvalue weighted by molar-refractivity contribution is 5.94. The van der Waals surface area contributed by atoms with Gasteiger partial charge in [-0.25, -0.2) is 18.0 Å². The number of hydrogen-bond acceptors (Lipinski definition) is 3. The maximum atomic E-state index is 13.0. The standard InChI is InChI=1S/C18H18F3N3O3/c19-13-3-1-12(2-4-13)17(25)22-7-8-23-18(26)24-9-10-27-14-5-6-15(20)16(21)11-14/h1-6,11H,7-10H2,(H,22,25)(H2,23,24,26). The Balaban J connectivity index is 1.56. The van der Waals surface area contributed by atoms with E-state index < -0.39 is 23.5 Å². The van der Waals surface area contributed by atoms with Crippen molar-refractivity contribution in [3.05, 3.63) is 65.5 Å². The van der Waals surface area contributed by atoms with Crippen LogP contribution in [-0.4, -0.2) is 38.2 Å². The van der Waals surface area contributed by atoms with E-state index in [-0.39, 0.29) is 37.9 Å². The monoisotopic (exact) mass is 381 g/mol. The summed E-state index contributed by atoms with van der Waals surface area (Å²) in [6.07, 6.45) is 0. The fraction of sp³-hybridized carbons (Fsp3) is 0.222. The zero-order valence-electron chi connectivity index (χ0n) is 14.2. The van der Waals surface area contributed by atoms with E-state index in [1.807, 2.05) is 0 Å². The van der Waals surface area contributed by atoms with E-state index in [2.05, 4.69) is 16.0 Å². The summed E-state index contributed by atoms with van der Waals surface area (Å²) < 4.78 is 43.7. The van der Waals surface area contributed by atoms with Crippen molar-refractivity contribution in [2.45, 2.75) is 0 Å². The Hall–Kier alpha value is -3.23. The number of carbonyl (C=O) groups excluding carboxylic acids is 2. The summed E-state index contributed by atoms with van der Waals surface area (Å²) in [4.78, 5) is 23.3. The highest BCUT2D eigenvalue weighted by Crippen LogP contribution is 2.14. The van der Waals surface area contributed by atoms with Crippen LogP contribution in [-0.2, 0) is 0 Å². The number of nitrogens with one attached hydrogen (secondary N) is 3. The van der Waals surface area contributed by atoms with Crippen LogP contribution in [0.4, 0.5) is 18.0 Å². The Kier molecular flexibility index (Phi) is 7.48. The first kappa shape index (κ1) is 20.1. The number of amides is 3. The van der Waals surface area contributed by atoms with Gasteiger partial charge in [0.25, 0.3) is 5.91 Å². The lowest BCUT2D eigenvalue weighted by Crippen LogP contribution is -2.41. The highest BCUT2D eigenvalue weighted by Gasteiger charge is 2.06. The second-order valence-corrected chi connectivity index (χ2v) is 5.37. The molecule has 0 spiro atoms. The van der Waals surface area contributed by atoms with Crippen LogP contribution in [0.25, 0.3) is 0 Å². The molecule has 3 N–H and O–H groups in total. The highest BCUT2D eigenvalue weighted by atomic mass is 19.2. The van der Waals surface area contributed by atoms with E-state index in [1.165, 1.54) is 30.3 Å². The summed E-state index contributed by atoms with van der Waals surface area (Å²) in [6, 6.07) is 7.76. The van der Waals surface area contributed by atoms with Gasteiger partial charge >= 0.3 is 6.03 Å². The second-order valence-electron chi connectivity index (χ2n) is 5.37. The largest absolute Gasteiger partial charge is 0.492 e. The summed E-state index contributed by atoms with van der Waals surface area (Å²) >= 11 is 0. The molecule has 2 aromatic carbocycles. The van der Waals surface area contributed by atoms with Gasteiger partial charge in [-0.05, 0) is 36.4 Å². The SMILES string of the molecule is O=C(NCCNC(=O)c1ccc(F)cc1)NCCOc1ccc(F)c(F)c1. The second kappa shape index (κ2) is 10.0. The molecule has 27 heavy (non-hydrogen) atoms. The molecule has 0 aliphatic heterocycles. The first-order valence-corrected chi connectivity index (χ1v) is 8.09. The van der Waals surface area contributed by atoms with E-state index in [4.69, 9.17) is 4.74 Å². The quantitative estimate of drug-likeness (QED) is 0.614. The minimum Gasteiger partial charge on any atom is -0.492 e. The number of rotatable bonds is 8. The van der Waals surface area contributed by atoms with Crippen LogP contribution in [0.1, 0.15) is 10.4 Å². The molecule has 6 nitrogen and oxygen atoms in total. The number of urea groups is 1. The van der Waals surface area contributed by atoms with Gasteiger partial charge in [0.2, 0.25) is 0 Å². The minimum atomic E-state index is -1.01. The fourth-order valence-electron chi connectivity index (χ4n) is 2.02. The molecule has 0 radical (unpaired) electrons. The van der Waals surface area contributed by atoms with Crippen LogP contribution >= 0.6 is 0 Å². The van der Waals surface area contributed by atoms with Gasteiger partial charge in [0.1, 0.15) is 18.2 Å². The Labute approximate surface area is 153 Å². The molecule has 0 aliphatic carbocycles. The Morgan fingerprint density at radius 3 is 2.19 bits per heavy atom. The van der Waals surface area contributed by atoms with Crippen LogP contribution < -0.4 is 20.7 Å². The Bertz CT molecular complexity index is 785. The van der Waals surface area contributed by atoms with Crippen LogP contribution in [0, 0.1) is 17.5 Å². The van der Waals surface area contributed by atoms with Gasteiger partial charge in [-0.1, -0.05) is 0 Å². The third-order valence-corrected chi connectivity index (χ3v) is 3.35. The van der Waals surface area contributed by atoms with Crippen molar-refractivity contribution in [3.63, 3.8) is 0 Å². The van der Waals surface area contributed by atoms with Crippen LogP contribution in [0.15, 0.2) is 42.5 Å². The van der Waals surface area contributed by atoms with Gasteiger partial charge in [0, 0.05) is 24.7 Å². The summed E-state index contributed by atoms with van der Waals surface area (Å²) in [5.41, 5.74) is 0.315. The van der Waals surface area contributed by atoms with Gasteiger partial charge < -0.3 is 20.7 Å². The summed E-state index contributed by atoms with van der Waals surface area (Å²) in [6.45, 7) is 0.588. The third kappa shape index (κ3) is 6.89. The van der Waals surface area contributed by atoms with Crippen molar-refractivity contribution in [1.29, 1.82) is 0 Å². The number of benzene rings is 2. The lowest BCUT2D eigenvalue weighted by atomic mass is 10.2. The predicted octanol–water partition coefficient (Wildman–Crippen LogP) is 2.21. The fourth-order valence-corrected chi connectivity index (χ4v) is 2.02. The van der Waals surface area contributed by atoms with Gasteiger partial charge in [0.05, 0.1) is 6.54 Å². The number of ether oxygens (including phenoxy) is 1. The first-order chi connectivity index (χ1) is 13.0. The van der Waals surface area contributed by atoms with Crippen molar-refractivity contribution in [2.24, 2.45) is 0 Å². The van der Waals surface area contributed by atoms with Crippen molar-refractivity contribution in [3.8, 4) is 5.75 Å². The van der Waals surface area contributed by atoms with E-state index in [9.17, 15) is 22.8 Å². The van der Waals surface area contributed by atoms with E-state index >= 15 is 0 Å². The normalized spacial score (nSPS) is 10.2. The molecular formula is C18H18F3N3O3. The molecule has 0 bridgehead atoms. The molecule has 0 unspecified atom stereocenters. The van der Waals surface area contributed by atoms with Gasteiger partial charge in [-0.15, -0.1) is 0 Å². The lowest BCUT2D eigenvalue weighted by molar-refractivity contribution is 0.0953. The molecule has 0 saturated carbocycles. The number of hydrogen-bond donors (Lipinski definition) is 3. The molecule has 144 valence electrons. The van der Waals surface area contributed by atoms with Gasteiger partial charge in [0.15, 0.2) is 11.6 Å². The average molecular weight is 381 g/mol. The zero-order valence-corrected chi connectivity index (χ0v) is 14.2. The predicted molar refractivity (Wildman–Crippen MR) is 92.0 cm³/mol. The summed E-state index contributed by atoms with van der Waals surface area (Å²) in [7, 11) is 0. The average Bonchev–Trinajstić information content (AvgIpc) is 2.65. The van der Waals surface area contributed by atoms with Crippen molar-refractivity contribution in [1.82, 2.24) is 16.0 Å². The topological polar surface area (TPSA) is 79.5 Å². The van der Waals surface area contributed by atoms with E-state index in [0.29, 0.717) is 5.56 Å². The van der Waals surface area contributed by atoms with Gasteiger partial charge in [-0.2, -0.15) is 0 Å². The molecule has 9 heteroatoms. The Morgan fingerprint density at radius 1 is 0.815 bits per heavy atom. The van der Waals surface area contributed by atoms with E-state index in [1.54, 1.807) is 0 Å². The number of carbonyl (C=O) groups is 2. The molecule has 0 aliphatic rings. The molecular weight excluding hydrogens is 363 g/mol. The van der Waals surface area contributed by atoms with Crippen LogP contribution in [0.2, 0.25) is 0 Å². The first-order valence-electron chi connectivity index (χ1n) is 8.09. The van der Waals surface area contributed by atoms with Crippen LogP contribution in [0.5, 0.6) is 5.75 Å². The van der Waals surface area contributed by atoms with Gasteiger partial charge in [-0.3, -0.25) is 4.79 Å². The maximum absolute atomic E-state index is 13.0. The third-order valence-electron chi connectivity index (χ3n) is 3.35. The summed E-state index contributed by atoms with van der Waals surface area (Å²) in [5.74, 6) is -2.64. The Morgan fingerprint density at radius 2 is 1.48 bits per heavy atom. The molecule has 0 atom stereocenters. The van der Waals surface area contributed by atoms with E-state index in [0.717, 1.165) is 12.1 Å². The molecule has 0 heterocycles. The molecule has 0 aromatic heterocycles. The van der Waals surface area contributed by atoms with Crippen molar-refractivity contribution in [2.75, 3.05) is 26.2 Å². The zero-order chi connectivity index (χ0) is 19.6. The summed E-state index contributed by atoms with van der Waals surface area (Å²) in [5, 5.41) is 7.61. The number of halogens is 3. The molecule has 0 fully saturated rings. The van der Waals surface area contributed by atoms with Crippen LogP contribution in [0.3, 0.4) is 0 Å². The molecule has 3 amide bonds. The smallest absolute Gasteiger partial charge is 0.314 e. The van der Waals surface area contributed by atoms with Crippen molar-refractivity contribution < 1.29 is 27.5 Å². The molecule has 2 aromatic rings. The lowest BCUT2D eigenvalue weighted by Gasteiger charge is -2.10. The minimum absolute atomic E-state index is 0.0692. The van der Waals surface area contributed by atoms with Crippen molar-refractivity contribution >= 4 is 11.9 Å².